The molecule has 4 heteroatoms. The topological polar surface area (TPSA) is 57.6 Å². The number of carbonyl (C=O) groups is 2. The van der Waals surface area contributed by atoms with Gasteiger partial charge >= 0.3 is 5.97 Å². The number of carbonyl (C=O) groups excluding carboxylic acids is 1. The molecule has 0 aliphatic heterocycles. The lowest BCUT2D eigenvalue weighted by Gasteiger charge is -2.27. The fourth-order valence-electron chi connectivity index (χ4n) is 2.89. The van der Waals surface area contributed by atoms with E-state index < -0.39 is 17.3 Å². The molecule has 0 aromatic rings. The summed E-state index contributed by atoms with van der Waals surface area (Å²) < 4.78 is 0. The van der Waals surface area contributed by atoms with Crippen molar-refractivity contribution in [3.8, 4) is 0 Å². The SMILES string of the molecule is CC(C)CN(CC(C)C)C(=O)C1C(C(=O)O)C1(C)C. The van der Waals surface area contributed by atoms with E-state index in [1.807, 2.05) is 18.7 Å². The van der Waals surface area contributed by atoms with Crippen molar-refractivity contribution in [2.24, 2.45) is 29.1 Å². The summed E-state index contributed by atoms with van der Waals surface area (Å²) in [6.07, 6.45) is 0. The number of aliphatic carboxylic acids is 1. The zero-order chi connectivity index (χ0) is 15.0. The Kier molecular flexibility index (Phi) is 4.64. The van der Waals surface area contributed by atoms with Gasteiger partial charge in [-0.2, -0.15) is 0 Å². The largest absolute Gasteiger partial charge is 0.481 e. The Morgan fingerprint density at radius 1 is 1.05 bits per heavy atom. The van der Waals surface area contributed by atoms with Gasteiger partial charge in [-0.3, -0.25) is 9.59 Å². The van der Waals surface area contributed by atoms with Crippen molar-refractivity contribution in [2.45, 2.75) is 41.5 Å². The van der Waals surface area contributed by atoms with Crippen LogP contribution in [-0.4, -0.2) is 35.0 Å². The van der Waals surface area contributed by atoms with Crippen molar-refractivity contribution in [3.63, 3.8) is 0 Å². The van der Waals surface area contributed by atoms with E-state index in [4.69, 9.17) is 0 Å². The summed E-state index contributed by atoms with van der Waals surface area (Å²) in [6.45, 7) is 13.5. The maximum Gasteiger partial charge on any atom is 0.307 e. The van der Waals surface area contributed by atoms with Crippen LogP contribution in [0.25, 0.3) is 0 Å². The van der Waals surface area contributed by atoms with Crippen molar-refractivity contribution < 1.29 is 14.7 Å². The van der Waals surface area contributed by atoms with Crippen LogP contribution in [0.4, 0.5) is 0 Å². The highest BCUT2D eigenvalue weighted by molar-refractivity contribution is 5.91. The van der Waals surface area contributed by atoms with E-state index in [1.54, 1.807) is 0 Å². The first kappa shape index (κ1) is 16.0. The van der Waals surface area contributed by atoms with E-state index in [9.17, 15) is 14.7 Å². The summed E-state index contributed by atoms with van der Waals surface area (Å²) >= 11 is 0. The summed E-state index contributed by atoms with van der Waals surface area (Å²) in [5.41, 5.74) is -0.408. The molecule has 2 atom stereocenters. The van der Waals surface area contributed by atoms with Crippen molar-refractivity contribution in [2.75, 3.05) is 13.1 Å². The second-order valence-corrected chi connectivity index (χ2v) is 7.15. The highest BCUT2D eigenvalue weighted by Gasteiger charge is 2.66. The molecule has 0 radical (unpaired) electrons. The molecular formula is C15H27NO3. The molecule has 1 amide bonds. The quantitative estimate of drug-likeness (QED) is 0.806. The third-order valence-electron chi connectivity index (χ3n) is 3.84. The molecule has 0 aromatic carbocycles. The molecule has 1 saturated carbocycles. The lowest BCUT2D eigenvalue weighted by molar-refractivity contribution is -0.142. The van der Waals surface area contributed by atoms with Crippen LogP contribution < -0.4 is 0 Å². The molecule has 1 N–H and O–H groups in total. The lowest BCUT2D eigenvalue weighted by atomic mass is 10.1. The van der Waals surface area contributed by atoms with Crippen LogP contribution in [-0.2, 0) is 9.59 Å². The van der Waals surface area contributed by atoms with Gasteiger partial charge < -0.3 is 10.0 Å². The maximum absolute atomic E-state index is 12.6. The van der Waals surface area contributed by atoms with Crippen LogP contribution in [0.2, 0.25) is 0 Å². The number of hydrogen-bond acceptors (Lipinski definition) is 2. The Bertz CT molecular complexity index is 350. The molecule has 1 fully saturated rings. The highest BCUT2D eigenvalue weighted by Crippen LogP contribution is 2.59. The monoisotopic (exact) mass is 269 g/mol. The van der Waals surface area contributed by atoms with Crippen LogP contribution in [0.15, 0.2) is 0 Å². The lowest BCUT2D eigenvalue weighted by Crippen LogP contribution is -2.39. The summed E-state index contributed by atoms with van der Waals surface area (Å²) in [6, 6.07) is 0. The molecule has 2 unspecified atom stereocenters. The first-order valence-electron chi connectivity index (χ1n) is 7.10. The molecule has 0 spiro atoms. The number of carboxylic acids is 1. The second-order valence-electron chi connectivity index (χ2n) is 7.15. The molecule has 1 rings (SSSR count). The Labute approximate surface area is 116 Å². The number of nitrogens with zero attached hydrogens (tertiary/aromatic N) is 1. The predicted molar refractivity (Wildman–Crippen MR) is 74.7 cm³/mol. The highest BCUT2D eigenvalue weighted by atomic mass is 16.4. The van der Waals surface area contributed by atoms with E-state index >= 15 is 0 Å². The van der Waals surface area contributed by atoms with E-state index in [1.165, 1.54) is 0 Å². The Morgan fingerprint density at radius 2 is 1.47 bits per heavy atom. The fourth-order valence-corrected chi connectivity index (χ4v) is 2.89. The van der Waals surface area contributed by atoms with E-state index in [2.05, 4.69) is 27.7 Å². The Balaban J connectivity index is 2.80. The molecule has 0 bridgehead atoms. The molecular weight excluding hydrogens is 242 g/mol. The molecule has 1 aliphatic rings. The number of amides is 1. The van der Waals surface area contributed by atoms with Gasteiger partial charge in [0.1, 0.15) is 0 Å². The maximum atomic E-state index is 12.6. The normalized spacial score (nSPS) is 24.6. The van der Waals surface area contributed by atoms with Gasteiger partial charge in [-0.1, -0.05) is 41.5 Å². The second kappa shape index (κ2) is 5.51. The summed E-state index contributed by atoms with van der Waals surface area (Å²) in [7, 11) is 0. The smallest absolute Gasteiger partial charge is 0.307 e. The molecule has 0 saturated heterocycles. The van der Waals surface area contributed by atoms with Gasteiger partial charge in [-0.05, 0) is 17.3 Å². The summed E-state index contributed by atoms with van der Waals surface area (Å²) in [5.74, 6) is -0.929. The first-order valence-corrected chi connectivity index (χ1v) is 7.10. The third kappa shape index (κ3) is 3.48. The van der Waals surface area contributed by atoms with Gasteiger partial charge in [0.2, 0.25) is 5.91 Å². The van der Waals surface area contributed by atoms with Crippen LogP contribution in [0.1, 0.15) is 41.5 Å². The fraction of sp³-hybridized carbons (Fsp3) is 0.867. The minimum Gasteiger partial charge on any atom is -0.481 e. The van der Waals surface area contributed by atoms with E-state index in [-0.39, 0.29) is 11.8 Å². The standard InChI is InChI=1S/C15H27NO3/c1-9(2)7-16(8-10(3)4)13(17)11-12(14(18)19)15(11,5)6/h9-12H,7-8H2,1-6H3,(H,18,19). The van der Waals surface area contributed by atoms with Gasteiger partial charge in [0, 0.05) is 13.1 Å². The first-order chi connectivity index (χ1) is 8.59. The van der Waals surface area contributed by atoms with Crippen LogP contribution in [0, 0.1) is 29.1 Å². The van der Waals surface area contributed by atoms with E-state index in [0.29, 0.717) is 24.9 Å². The van der Waals surface area contributed by atoms with Crippen molar-refractivity contribution in [1.29, 1.82) is 0 Å². The predicted octanol–water partition coefficient (Wildman–Crippen LogP) is 2.48. The van der Waals surface area contributed by atoms with Crippen LogP contribution in [0.5, 0.6) is 0 Å². The Morgan fingerprint density at radius 3 is 1.74 bits per heavy atom. The average molecular weight is 269 g/mol. The van der Waals surface area contributed by atoms with Gasteiger partial charge in [0.25, 0.3) is 0 Å². The summed E-state index contributed by atoms with van der Waals surface area (Å²) in [4.78, 5) is 25.6. The average Bonchev–Trinajstić information content (AvgIpc) is 2.78. The minimum absolute atomic E-state index is 0.0137. The molecule has 110 valence electrons. The third-order valence-corrected chi connectivity index (χ3v) is 3.84. The molecule has 1 aliphatic carbocycles. The van der Waals surface area contributed by atoms with Gasteiger partial charge in [0.15, 0.2) is 0 Å². The molecule has 19 heavy (non-hydrogen) atoms. The molecule has 4 nitrogen and oxygen atoms in total. The minimum atomic E-state index is -0.850. The van der Waals surface area contributed by atoms with Crippen LogP contribution >= 0.6 is 0 Å². The van der Waals surface area contributed by atoms with Crippen molar-refractivity contribution in [3.05, 3.63) is 0 Å². The number of rotatable bonds is 6. The number of carboxylic acid groups (broad SMARTS) is 1. The Hall–Kier alpha value is -1.06. The zero-order valence-electron chi connectivity index (χ0n) is 12.9. The van der Waals surface area contributed by atoms with Crippen molar-refractivity contribution >= 4 is 11.9 Å². The van der Waals surface area contributed by atoms with Crippen molar-refractivity contribution in [1.82, 2.24) is 4.90 Å². The van der Waals surface area contributed by atoms with Gasteiger partial charge in [-0.25, -0.2) is 0 Å². The number of hydrogen-bond donors (Lipinski definition) is 1. The van der Waals surface area contributed by atoms with Gasteiger partial charge in [0.05, 0.1) is 11.8 Å². The van der Waals surface area contributed by atoms with E-state index in [0.717, 1.165) is 0 Å². The molecule has 0 aromatic heterocycles. The van der Waals surface area contributed by atoms with Crippen LogP contribution in [0.3, 0.4) is 0 Å². The zero-order valence-corrected chi connectivity index (χ0v) is 12.9. The van der Waals surface area contributed by atoms with Gasteiger partial charge in [-0.15, -0.1) is 0 Å². The molecule has 0 heterocycles. The summed E-state index contributed by atoms with van der Waals surface area (Å²) in [5, 5.41) is 9.18.